The molecule has 1 aliphatic heterocycles. The molecule has 1 saturated heterocycles. The monoisotopic (exact) mass is 586 g/mol. The minimum Gasteiger partial charge on any atom is -0.351 e. The predicted molar refractivity (Wildman–Crippen MR) is 190 cm³/mol. The fourth-order valence-corrected chi connectivity index (χ4v) is 3.57. The summed E-state index contributed by atoms with van der Waals surface area (Å²) < 4.78 is 0. The van der Waals surface area contributed by atoms with Gasteiger partial charge in [0.2, 0.25) is 0 Å². The molecule has 0 aromatic heterocycles. The minimum atomic E-state index is 0.299. The summed E-state index contributed by atoms with van der Waals surface area (Å²) in [5.41, 5.74) is 3.71. The number of likely N-dealkylation sites (tertiary alicyclic amines) is 1. The van der Waals surface area contributed by atoms with Crippen molar-refractivity contribution in [2.75, 3.05) is 26.7 Å². The topological polar surface area (TPSA) is 23.6 Å². The molecular formula is C37H63ClN2O. The lowest BCUT2D eigenvalue weighted by Crippen LogP contribution is -2.30. The van der Waals surface area contributed by atoms with Crippen LogP contribution in [0.4, 0.5) is 0 Å². The minimum absolute atomic E-state index is 0.299. The van der Waals surface area contributed by atoms with Gasteiger partial charge in [-0.1, -0.05) is 84.4 Å². The Morgan fingerprint density at radius 1 is 1.00 bits per heavy atom. The lowest BCUT2D eigenvalue weighted by Gasteiger charge is -2.25. The second-order valence-electron chi connectivity index (χ2n) is 9.48. The summed E-state index contributed by atoms with van der Waals surface area (Å²) in [6.45, 7) is 28.6. The molecule has 0 amide bonds. The summed E-state index contributed by atoms with van der Waals surface area (Å²) in [6, 6.07) is 0. The van der Waals surface area contributed by atoms with Gasteiger partial charge in [0.25, 0.3) is 0 Å². The molecule has 0 atom stereocenters. The zero-order chi connectivity index (χ0) is 33.2. The molecular weight excluding hydrogens is 524 g/mol. The van der Waals surface area contributed by atoms with Gasteiger partial charge in [0.15, 0.2) is 0 Å². The summed E-state index contributed by atoms with van der Waals surface area (Å²) in [7, 11) is 1.97. The Bertz CT molecular complexity index is 805. The SMILES string of the molecule is C#C.C#C.C=C(CC=O)C(=C\N(C)C(/C=C\C)=C/C)/C(C)=C/C(Cl)=C\C.CC.CC(C)C.CCCN1CCCCC1. The number of rotatable bonds is 10. The lowest BCUT2D eigenvalue weighted by atomic mass is 9.98. The third kappa shape index (κ3) is 31.7. The van der Waals surface area contributed by atoms with Crippen LogP contribution < -0.4 is 0 Å². The van der Waals surface area contributed by atoms with E-state index >= 15 is 0 Å². The highest BCUT2D eigenvalue weighted by atomic mass is 35.5. The van der Waals surface area contributed by atoms with Crippen LogP contribution in [0.25, 0.3) is 0 Å². The van der Waals surface area contributed by atoms with Crippen LogP contribution in [-0.4, -0.2) is 42.8 Å². The first kappa shape index (κ1) is 48.0. The molecule has 0 aromatic rings. The second kappa shape index (κ2) is 37.3. The molecule has 1 heterocycles. The number of carbonyl (C=O) groups excluding carboxylic acids is 1. The van der Waals surface area contributed by atoms with Crippen molar-refractivity contribution in [3.05, 3.63) is 70.6 Å². The maximum atomic E-state index is 10.8. The maximum absolute atomic E-state index is 10.8. The molecule has 0 spiro atoms. The van der Waals surface area contributed by atoms with E-state index in [1.54, 1.807) is 0 Å². The van der Waals surface area contributed by atoms with Gasteiger partial charge in [-0.25, -0.2) is 0 Å². The normalized spacial score (nSPS) is 13.8. The van der Waals surface area contributed by atoms with Crippen LogP contribution in [-0.2, 0) is 4.79 Å². The van der Waals surface area contributed by atoms with E-state index in [0.29, 0.717) is 11.5 Å². The van der Waals surface area contributed by atoms with Gasteiger partial charge in [-0.3, -0.25) is 0 Å². The van der Waals surface area contributed by atoms with Gasteiger partial charge in [-0.15, -0.1) is 25.7 Å². The summed E-state index contributed by atoms with van der Waals surface area (Å²) >= 11 is 6.08. The molecule has 0 aromatic carbocycles. The first-order valence-electron chi connectivity index (χ1n) is 14.8. The molecule has 4 heteroatoms. The van der Waals surface area contributed by atoms with Gasteiger partial charge < -0.3 is 14.6 Å². The van der Waals surface area contributed by atoms with E-state index in [9.17, 15) is 4.79 Å². The summed E-state index contributed by atoms with van der Waals surface area (Å²) in [4.78, 5) is 15.4. The molecule has 0 radical (unpaired) electrons. The molecule has 1 rings (SSSR count). The Hall–Kier alpha value is -2.72. The van der Waals surface area contributed by atoms with Gasteiger partial charge in [-0.05, 0) is 101 Å². The number of allylic oxidation sites excluding steroid dienone is 9. The van der Waals surface area contributed by atoms with E-state index in [1.165, 1.54) is 45.3 Å². The molecule has 234 valence electrons. The third-order valence-corrected chi connectivity index (χ3v) is 5.44. The number of terminal acetylenes is 2. The van der Waals surface area contributed by atoms with Gasteiger partial charge in [0, 0.05) is 30.4 Å². The van der Waals surface area contributed by atoms with Crippen LogP contribution in [0.2, 0.25) is 0 Å². The number of carbonyl (C=O) groups is 1. The highest BCUT2D eigenvalue weighted by molar-refractivity contribution is 6.31. The summed E-state index contributed by atoms with van der Waals surface area (Å²) in [6.07, 6.45) is 34.5. The number of nitrogens with zero attached hydrogens (tertiary/aromatic N) is 2. The molecule has 1 aliphatic rings. The van der Waals surface area contributed by atoms with Gasteiger partial charge in [0.05, 0.1) is 0 Å². The number of halogens is 1. The zero-order valence-electron chi connectivity index (χ0n) is 28.5. The van der Waals surface area contributed by atoms with Crippen molar-refractivity contribution in [2.45, 2.75) is 101 Å². The van der Waals surface area contributed by atoms with E-state index in [4.69, 9.17) is 11.6 Å². The largest absolute Gasteiger partial charge is 0.351 e. The van der Waals surface area contributed by atoms with Gasteiger partial charge in [0.1, 0.15) is 6.29 Å². The Kier molecular flexibility index (Phi) is 43.7. The Morgan fingerprint density at radius 2 is 1.49 bits per heavy atom. The molecule has 0 aliphatic carbocycles. The molecule has 0 saturated carbocycles. The standard InChI is InChI=1S/C19H26ClNO.C8H17N.C4H10.C2H6.2C2H2/c1-7-10-18(9-3)21(6)14-19(15(4)11-12-22)16(5)13-17(20)8-2;1-2-6-9-7-4-3-5-8-9;1-4(2)3;3*1-2/h7-10,12-14H,4,11H2,1-3,5-6H3;2-8H2,1H3;4H,1-3H3;1-2H3;2*1-2H/b10-7-,16-13+,17-8+,18-9+,19-14+;;;;;. The molecule has 3 nitrogen and oxygen atoms in total. The van der Waals surface area contributed by atoms with Gasteiger partial charge >= 0.3 is 0 Å². The van der Waals surface area contributed by atoms with Crippen molar-refractivity contribution < 1.29 is 4.79 Å². The van der Waals surface area contributed by atoms with Crippen LogP contribution in [0, 0.1) is 31.6 Å². The number of likely N-dealkylation sites (N-methyl/N-ethyl adjacent to an activating group) is 1. The van der Waals surface area contributed by atoms with Crippen molar-refractivity contribution in [1.82, 2.24) is 9.80 Å². The van der Waals surface area contributed by atoms with Crippen molar-refractivity contribution in [3.63, 3.8) is 0 Å². The second-order valence-corrected chi connectivity index (χ2v) is 9.91. The van der Waals surface area contributed by atoms with E-state index in [0.717, 1.165) is 34.6 Å². The Morgan fingerprint density at radius 3 is 1.85 bits per heavy atom. The molecule has 0 unspecified atom stereocenters. The fraction of sp³-hybridized carbons (Fsp3) is 0.541. The smallest absolute Gasteiger partial charge is 0.124 e. The number of aldehydes is 1. The number of hydrogen-bond donors (Lipinski definition) is 0. The number of piperidine rings is 1. The zero-order valence-corrected chi connectivity index (χ0v) is 29.2. The van der Waals surface area contributed by atoms with E-state index in [2.05, 4.69) is 64.9 Å². The number of hydrogen-bond acceptors (Lipinski definition) is 3. The fourth-order valence-electron chi connectivity index (χ4n) is 3.41. The summed E-state index contributed by atoms with van der Waals surface area (Å²) in [5.74, 6) is 0.833. The predicted octanol–water partition coefficient (Wildman–Crippen LogP) is 10.6. The third-order valence-electron chi connectivity index (χ3n) is 5.12. The molecule has 0 N–H and O–H groups in total. The van der Waals surface area contributed by atoms with E-state index < -0.39 is 0 Å². The van der Waals surface area contributed by atoms with Crippen LogP contribution in [0.1, 0.15) is 101 Å². The first-order valence-corrected chi connectivity index (χ1v) is 15.2. The molecule has 1 fully saturated rings. The van der Waals surface area contributed by atoms with Crippen molar-refractivity contribution in [1.29, 1.82) is 0 Å². The van der Waals surface area contributed by atoms with Crippen molar-refractivity contribution in [2.24, 2.45) is 5.92 Å². The maximum Gasteiger partial charge on any atom is 0.124 e. The quantitative estimate of drug-likeness (QED) is 0.144. The summed E-state index contributed by atoms with van der Waals surface area (Å²) in [5, 5.41) is 0.657. The molecule has 0 bridgehead atoms. The highest BCUT2D eigenvalue weighted by Gasteiger charge is 2.09. The van der Waals surface area contributed by atoms with Crippen LogP contribution in [0.3, 0.4) is 0 Å². The molecule has 41 heavy (non-hydrogen) atoms. The van der Waals surface area contributed by atoms with Crippen molar-refractivity contribution in [3.8, 4) is 25.7 Å². The Labute approximate surface area is 262 Å². The average molecular weight is 587 g/mol. The first-order chi connectivity index (χ1) is 19.6. The average Bonchev–Trinajstić information content (AvgIpc) is 2.98. The van der Waals surface area contributed by atoms with Crippen LogP contribution >= 0.6 is 11.6 Å². The van der Waals surface area contributed by atoms with E-state index in [1.807, 2.05) is 90.1 Å². The lowest BCUT2D eigenvalue weighted by molar-refractivity contribution is -0.107. The van der Waals surface area contributed by atoms with Crippen LogP contribution in [0.5, 0.6) is 0 Å². The highest BCUT2D eigenvalue weighted by Crippen LogP contribution is 2.24. The van der Waals surface area contributed by atoms with Crippen molar-refractivity contribution >= 4 is 17.9 Å². The van der Waals surface area contributed by atoms with E-state index in [-0.39, 0.29) is 0 Å². The van der Waals surface area contributed by atoms with Gasteiger partial charge in [-0.2, -0.15) is 0 Å². The van der Waals surface area contributed by atoms with Crippen LogP contribution in [0.15, 0.2) is 70.6 Å². The Balaban J connectivity index is -0.000000185.